The van der Waals surface area contributed by atoms with Crippen LogP contribution in [0.2, 0.25) is 0 Å². The second-order valence-electron chi connectivity index (χ2n) is 4.41. The van der Waals surface area contributed by atoms with Crippen LogP contribution < -0.4 is 24.8 Å². The molecule has 3 heteroatoms. The zero-order chi connectivity index (χ0) is 10.4. The van der Waals surface area contributed by atoms with Gasteiger partial charge in [-0.2, -0.15) is 29.3 Å². The Labute approximate surface area is 140 Å². The van der Waals surface area contributed by atoms with E-state index in [1.807, 2.05) is 0 Å². The molecule has 1 radical (unpaired) electrons. The fourth-order valence-corrected chi connectivity index (χ4v) is 2.31. The van der Waals surface area contributed by atoms with E-state index in [4.69, 9.17) is 0 Å². The molecular weight excluding hydrogens is 342 g/mol. The molecule has 1 aliphatic carbocycles. The first kappa shape index (κ1) is 17.9. The molecule has 3 rings (SSSR count). The minimum absolute atomic E-state index is 0. The average Bonchev–Trinajstić information content (AvgIpc) is 2.56. The Morgan fingerprint density at radius 3 is 2.33 bits per heavy atom. The molecule has 0 saturated carbocycles. The molecule has 0 spiro atoms. The molecule has 0 amide bonds. The van der Waals surface area contributed by atoms with Crippen LogP contribution in [0.1, 0.15) is 22.3 Å². The van der Waals surface area contributed by atoms with E-state index in [0.717, 1.165) is 6.42 Å². The van der Waals surface area contributed by atoms with Crippen molar-refractivity contribution in [3.63, 3.8) is 0 Å². The summed E-state index contributed by atoms with van der Waals surface area (Å²) in [6, 6.07) is 14.5. The Balaban J connectivity index is 0.000000963. The van der Waals surface area contributed by atoms with Gasteiger partial charge in [-0.25, -0.2) is 0 Å². The van der Waals surface area contributed by atoms with E-state index >= 15 is 0 Å². The van der Waals surface area contributed by atoms with E-state index in [9.17, 15) is 0 Å². The van der Waals surface area contributed by atoms with Gasteiger partial charge in [0.1, 0.15) is 0 Å². The number of hydrogen-bond acceptors (Lipinski definition) is 0. The second-order valence-corrected chi connectivity index (χ2v) is 4.41. The molecule has 18 heavy (non-hydrogen) atoms. The Morgan fingerprint density at radius 2 is 1.61 bits per heavy atom. The summed E-state index contributed by atoms with van der Waals surface area (Å²) < 4.78 is 0. The number of halogens is 2. The van der Waals surface area contributed by atoms with Crippen LogP contribution in [-0.4, -0.2) is 0 Å². The minimum atomic E-state index is 0. The van der Waals surface area contributed by atoms with E-state index in [2.05, 4.69) is 50.2 Å². The normalized spacial score (nSPS) is 10.3. The van der Waals surface area contributed by atoms with Gasteiger partial charge in [-0.15, -0.1) is 5.56 Å². The zero-order valence-electron chi connectivity index (χ0n) is 10.3. The van der Waals surface area contributed by atoms with Crippen LogP contribution in [0.25, 0.3) is 11.1 Å². The van der Waals surface area contributed by atoms with Crippen molar-refractivity contribution in [2.45, 2.75) is 20.3 Å². The minimum Gasteiger partial charge on any atom is -1.00 e. The van der Waals surface area contributed by atoms with Crippen LogP contribution in [0.5, 0.6) is 0 Å². The average molecular weight is 355 g/mol. The monoisotopic (exact) mass is 353 g/mol. The molecule has 0 atom stereocenters. The number of benzene rings is 2. The summed E-state index contributed by atoms with van der Waals surface area (Å²) in [5.41, 5.74) is 8.21. The van der Waals surface area contributed by atoms with E-state index in [0.29, 0.717) is 0 Å². The van der Waals surface area contributed by atoms with Crippen molar-refractivity contribution in [1.29, 1.82) is 0 Å². The Hall–Kier alpha value is -0.0969. The fourth-order valence-electron chi connectivity index (χ4n) is 2.31. The first-order valence-electron chi connectivity index (χ1n) is 5.35. The van der Waals surface area contributed by atoms with Crippen LogP contribution in [0.3, 0.4) is 0 Å². The molecule has 2 aromatic rings. The Morgan fingerprint density at radius 1 is 0.944 bits per heavy atom. The van der Waals surface area contributed by atoms with Gasteiger partial charge in [0.05, 0.1) is 0 Å². The molecule has 0 N–H and O–H groups in total. The number of rotatable bonds is 0. The van der Waals surface area contributed by atoms with E-state index in [-0.39, 0.29) is 51.0 Å². The van der Waals surface area contributed by atoms with E-state index < -0.39 is 0 Å². The third kappa shape index (κ3) is 3.07. The predicted octanol–water partition coefficient (Wildman–Crippen LogP) is -2.32. The van der Waals surface area contributed by atoms with Gasteiger partial charge in [0, 0.05) is 0 Å². The molecule has 0 fully saturated rings. The van der Waals surface area contributed by atoms with Crippen LogP contribution in [0.15, 0.2) is 30.3 Å². The predicted molar refractivity (Wildman–Crippen MR) is 63.0 cm³/mol. The quantitative estimate of drug-likeness (QED) is 0.397. The van der Waals surface area contributed by atoms with Gasteiger partial charge in [-0.1, -0.05) is 41.8 Å². The van der Waals surface area contributed by atoms with Gasteiger partial charge >= 0.3 is 26.2 Å². The van der Waals surface area contributed by atoms with Crippen LogP contribution in [0, 0.1) is 19.9 Å². The molecular formula is C15H13Cl2Zr. The maximum absolute atomic E-state index is 3.38. The largest absolute Gasteiger partial charge is 3.00 e. The molecule has 2 aromatic carbocycles. The molecule has 0 aromatic heterocycles. The van der Waals surface area contributed by atoms with Crippen LogP contribution >= 0.6 is 0 Å². The van der Waals surface area contributed by atoms with Crippen molar-refractivity contribution in [1.82, 2.24) is 0 Å². The zero-order valence-corrected chi connectivity index (χ0v) is 14.3. The number of aryl methyl sites for hydroxylation is 2. The third-order valence-corrected chi connectivity index (χ3v) is 3.09. The van der Waals surface area contributed by atoms with Crippen LogP contribution in [-0.2, 0) is 32.6 Å². The maximum atomic E-state index is 3.38. The summed E-state index contributed by atoms with van der Waals surface area (Å²) in [5.74, 6) is 0. The topological polar surface area (TPSA) is 0 Å². The van der Waals surface area contributed by atoms with Gasteiger partial charge in [0.25, 0.3) is 0 Å². The van der Waals surface area contributed by atoms with Crippen molar-refractivity contribution in [3.05, 3.63) is 58.7 Å². The van der Waals surface area contributed by atoms with Gasteiger partial charge in [-0.3, -0.25) is 0 Å². The summed E-state index contributed by atoms with van der Waals surface area (Å²) in [6.07, 6.45) is 1.05. The first-order valence-corrected chi connectivity index (χ1v) is 5.35. The maximum Gasteiger partial charge on any atom is 3.00 e. The molecule has 0 bridgehead atoms. The Kier molecular flexibility index (Phi) is 6.86. The summed E-state index contributed by atoms with van der Waals surface area (Å²) in [5, 5.41) is 0. The van der Waals surface area contributed by atoms with E-state index in [1.165, 1.54) is 33.4 Å². The summed E-state index contributed by atoms with van der Waals surface area (Å²) in [4.78, 5) is 0. The summed E-state index contributed by atoms with van der Waals surface area (Å²) in [6.45, 7) is 4.28. The standard InChI is InChI=1S/C15H13.2ClH.Zr/c1-10-3-5-12-9-13-6-4-11(2)8-15(13)14(12)7-10;;;/h3-5,7-8H,9H2,1-2H3;2*1H;/q-1;;;+3/p-2. The van der Waals surface area contributed by atoms with Crippen molar-refractivity contribution in [2.75, 3.05) is 0 Å². The van der Waals surface area contributed by atoms with Crippen LogP contribution in [0.4, 0.5) is 0 Å². The van der Waals surface area contributed by atoms with Crippen molar-refractivity contribution >= 4 is 0 Å². The molecule has 0 heterocycles. The van der Waals surface area contributed by atoms with Gasteiger partial charge < -0.3 is 24.8 Å². The summed E-state index contributed by atoms with van der Waals surface area (Å²) >= 11 is 0. The van der Waals surface area contributed by atoms with Gasteiger partial charge in [-0.05, 0) is 13.3 Å². The molecule has 91 valence electrons. The Bertz CT molecular complexity index is 501. The number of fused-ring (bicyclic) bond motifs is 3. The molecule has 0 aliphatic heterocycles. The molecule has 1 aliphatic rings. The molecule has 0 unspecified atom stereocenters. The fraction of sp³-hybridized carbons (Fsp3) is 0.200. The second kappa shape index (κ2) is 6.89. The SMILES string of the molecule is Cc1c[c-]c2c(c1)-c1cc(C)ccc1C2.[Cl-].[Cl-].[Zr+3]. The smallest absolute Gasteiger partial charge is 1.00 e. The van der Waals surface area contributed by atoms with Gasteiger partial charge in [0.15, 0.2) is 0 Å². The molecule has 0 saturated heterocycles. The van der Waals surface area contributed by atoms with Crippen molar-refractivity contribution in [2.24, 2.45) is 0 Å². The first-order chi connectivity index (χ1) is 7.24. The van der Waals surface area contributed by atoms with E-state index in [1.54, 1.807) is 0 Å². The molecule has 0 nitrogen and oxygen atoms in total. The van der Waals surface area contributed by atoms with Crippen molar-refractivity contribution < 1.29 is 51.0 Å². The third-order valence-electron chi connectivity index (χ3n) is 3.09. The van der Waals surface area contributed by atoms with Gasteiger partial charge in [0.2, 0.25) is 0 Å². The number of hydrogen-bond donors (Lipinski definition) is 0. The summed E-state index contributed by atoms with van der Waals surface area (Å²) in [7, 11) is 0. The van der Waals surface area contributed by atoms with Crippen molar-refractivity contribution in [3.8, 4) is 11.1 Å².